The topological polar surface area (TPSA) is 41.6 Å². The van der Waals surface area contributed by atoms with Gasteiger partial charge >= 0.3 is 6.18 Å². The van der Waals surface area contributed by atoms with Crippen molar-refractivity contribution >= 4 is 0 Å². The maximum Gasteiger partial charge on any atom is 0.432 e. The zero-order valence-corrected chi connectivity index (χ0v) is 11.9. The molecule has 1 N–H and O–H groups in total. The number of benzene rings is 1. The summed E-state index contributed by atoms with van der Waals surface area (Å²) in [6.07, 6.45) is 0.374. The van der Waals surface area contributed by atoms with Crippen LogP contribution in [-0.2, 0) is 6.18 Å². The van der Waals surface area contributed by atoms with Gasteiger partial charge in [0.25, 0.3) is 0 Å². The fourth-order valence-electron chi connectivity index (χ4n) is 2.15. The van der Waals surface area contributed by atoms with Gasteiger partial charge in [-0.3, -0.25) is 4.98 Å². The lowest BCUT2D eigenvalue weighted by Crippen LogP contribution is -2.04. The number of pyridine rings is 1. The molecule has 0 saturated carbocycles. The number of aryl methyl sites for hydroxylation is 1. The average molecular weight is 320 g/mol. The first-order chi connectivity index (χ1) is 10.8. The van der Waals surface area contributed by atoms with Gasteiger partial charge in [0.1, 0.15) is 17.3 Å². The quantitative estimate of drug-likeness (QED) is 0.711. The molecule has 2 heterocycles. The number of nitrogens with one attached hydrogen (secondary N) is 1. The number of alkyl halides is 3. The maximum atomic E-state index is 14.3. The third kappa shape index (κ3) is 3.08. The van der Waals surface area contributed by atoms with Crippen molar-refractivity contribution in [2.75, 3.05) is 0 Å². The lowest BCUT2D eigenvalue weighted by Gasteiger charge is -2.06. The van der Waals surface area contributed by atoms with Crippen LogP contribution in [0.25, 0.3) is 22.5 Å². The van der Waals surface area contributed by atoms with Crippen LogP contribution in [0.5, 0.6) is 0 Å². The number of hydrogen-bond donors (Lipinski definition) is 1. The molecule has 0 aliphatic heterocycles. The van der Waals surface area contributed by atoms with E-state index in [2.05, 4.69) is 21.1 Å². The van der Waals surface area contributed by atoms with Crippen LogP contribution in [0.2, 0.25) is 0 Å². The van der Waals surface area contributed by atoms with Gasteiger partial charge in [-0.05, 0) is 36.2 Å². The molecule has 3 nitrogen and oxygen atoms in total. The van der Waals surface area contributed by atoms with Gasteiger partial charge in [-0.25, -0.2) is 9.37 Å². The van der Waals surface area contributed by atoms with E-state index in [4.69, 9.17) is 0 Å². The Morgan fingerprint density at radius 2 is 1.87 bits per heavy atom. The molecule has 23 heavy (non-hydrogen) atoms. The highest BCUT2D eigenvalue weighted by Crippen LogP contribution is 2.31. The van der Waals surface area contributed by atoms with Crippen LogP contribution in [0.15, 0.2) is 36.7 Å². The number of rotatable bonds is 2. The maximum absolute atomic E-state index is 14.3. The number of imidazole rings is 1. The molecule has 117 valence electrons. The summed E-state index contributed by atoms with van der Waals surface area (Å²) < 4.78 is 52.0. The third-order valence-corrected chi connectivity index (χ3v) is 3.26. The van der Waals surface area contributed by atoms with E-state index in [0.717, 1.165) is 5.56 Å². The number of aromatic nitrogens is 3. The smallest absolute Gasteiger partial charge is 0.334 e. The normalized spacial score (nSPS) is 11.7. The molecule has 0 bridgehead atoms. The van der Waals surface area contributed by atoms with Gasteiger partial charge in [-0.1, -0.05) is 6.07 Å². The molecule has 0 aliphatic carbocycles. The summed E-state index contributed by atoms with van der Waals surface area (Å²) in [7, 11) is 0. The second kappa shape index (κ2) is 5.49. The minimum absolute atomic E-state index is 0.0311. The SMILES string of the molecule is Cc1[c]ncc(-c2ccc(-c3ncc(C(F)(F)F)[nH]3)c(F)c2)c1. The van der Waals surface area contributed by atoms with Crippen molar-refractivity contribution in [3.8, 4) is 22.5 Å². The van der Waals surface area contributed by atoms with E-state index in [1.807, 2.05) is 6.92 Å². The molecule has 1 aromatic carbocycles. The zero-order valence-electron chi connectivity index (χ0n) is 11.9. The Bertz CT molecular complexity index is 853. The standard InChI is InChI=1S/C16H10F4N3/c1-9-4-11(7-21-6-9)10-2-3-12(13(17)5-10)15-22-8-14(23-15)16(18,19)20/h2-5,7-8H,1H3,(H,22,23). The predicted molar refractivity (Wildman–Crippen MR) is 75.8 cm³/mol. The van der Waals surface area contributed by atoms with Gasteiger partial charge < -0.3 is 4.98 Å². The first kappa shape index (κ1) is 15.2. The largest absolute Gasteiger partial charge is 0.432 e. The van der Waals surface area contributed by atoms with E-state index in [9.17, 15) is 17.6 Å². The van der Waals surface area contributed by atoms with Gasteiger partial charge in [0, 0.05) is 11.8 Å². The minimum Gasteiger partial charge on any atom is -0.334 e. The van der Waals surface area contributed by atoms with Crippen LogP contribution in [0.1, 0.15) is 11.3 Å². The highest BCUT2D eigenvalue weighted by atomic mass is 19.4. The second-order valence-electron chi connectivity index (χ2n) is 4.99. The van der Waals surface area contributed by atoms with Crippen LogP contribution in [0, 0.1) is 18.9 Å². The summed E-state index contributed by atoms with van der Waals surface area (Å²) in [5.74, 6) is -0.840. The third-order valence-electron chi connectivity index (χ3n) is 3.26. The Morgan fingerprint density at radius 3 is 2.48 bits per heavy atom. The Labute approximate surface area is 129 Å². The molecule has 0 aliphatic rings. The summed E-state index contributed by atoms with van der Waals surface area (Å²) in [6.45, 7) is 1.81. The summed E-state index contributed by atoms with van der Waals surface area (Å²) in [4.78, 5) is 9.59. The van der Waals surface area contributed by atoms with Crippen LogP contribution < -0.4 is 0 Å². The zero-order chi connectivity index (χ0) is 16.6. The van der Waals surface area contributed by atoms with Gasteiger partial charge in [0.05, 0.1) is 18.0 Å². The fraction of sp³-hybridized carbons (Fsp3) is 0.125. The van der Waals surface area contributed by atoms with Gasteiger partial charge in [-0.2, -0.15) is 13.2 Å². The average Bonchev–Trinajstić information content (AvgIpc) is 2.97. The van der Waals surface area contributed by atoms with Crippen molar-refractivity contribution < 1.29 is 17.6 Å². The molecule has 1 radical (unpaired) electrons. The Balaban J connectivity index is 1.98. The van der Waals surface area contributed by atoms with Crippen LogP contribution >= 0.6 is 0 Å². The van der Waals surface area contributed by atoms with Crippen molar-refractivity contribution in [1.82, 2.24) is 15.0 Å². The second-order valence-corrected chi connectivity index (χ2v) is 4.99. The van der Waals surface area contributed by atoms with Gasteiger partial charge in [0.15, 0.2) is 0 Å². The molecule has 0 atom stereocenters. The fourth-order valence-corrected chi connectivity index (χ4v) is 2.15. The molecule has 0 spiro atoms. The molecule has 3 aromatic rings. The molecule has 0 amide bonds. The lowest BCUT2D eigenvalue weighted by molar-refractivity contribution is -0.140. The molecule has 0 saturated heterocycles. The van der Waals surface area contributed by atoms with E-state index >= 15 is 0 Å². The minimum atomic E-state index is -4.55. The molecule has 2 aromatic heterocycles. The summed E-state index contributed by atoms with van der Waals surface area (Å²) in [5.41, 5.74) is 1.01. The molecular formula is C16H10F4N3. The number of H-pyrrole nitrogens is 1. The molecule has 0 unspecified atom stereocenters. The predicted octanol–water partition coefficient (Wildman–Crippen LogP) is 4.41. The van der Waals surface area contributed by atoms with E-state index in [-0.39, 0.29) is 11.4 Å². The summed E-state index contributed by atoms with van der Waals surface area (Å²) in [5, 5.41) is 0. The van der Waals surface area contributed by atoms with Crippen LogP contribution in [0.4, 0.5) is 17.6 Å². The van der Waals surface area contributed by atoms with E-state index in [0.29, 0.717) is 17.3 Å². The summed E-state index contributed by atoms with van der Waals surface area (Å²) in [6, 6.07) is 6.01. The van der Waals surface area contributed by atoms with Crippen molar-refractivity contribution in [1.29, 1.82) is 0 Å². The molecule has 7 heteroatoms. The summed E-state index contributed by atoms with van der Waals surface area (Å²) >= 11 is 0. The molecule has 0 fully saturated rings. The van der Waals surface area contributed by atoms with Gasteiger partial charge in [-0.15, -0.1) is 0 Å². The van der Waals surface area contributed by atoms with Crippen LogP contribution in [0.3, 0.4) is 0 Å². The monoisotopic (exact) mass is 320 g/mol. The van der Waals surface area contributed by atoms with E-state index < -0.39 is 17.7 Å². The lowest BCUT2D eigenvalue weighted by atomic mass is 10.0. The number of halogens is 4. The highest BCUT2D eigenvalue weighted by Gasteiger charge is 2.33. The number of nitrogens with zero attached hydrogens (tertiary/aromatic N) is 2. The Hall–Kier alpha value is -2.70. The van der Waals surface area contributed by atoms with Crippen molar-refractivity contribution in [3.05, 3.63) is 59.9 Å². The number of aromatic amines is 1. The first-order valence-electron chi connectivity index (χ1n) is 6.61. The first-order valence-corrected chi connectivity index (χ1v) is 6.61. The van der Waals surface area contributed by atoms with Crippen molar-refractivity contribution in [2.24, 2.45) is 0 Å². The molecule has 3 rings (SSSR count). The molecular weight excluding hydrogens is 310 g/mol. The van der Waals surface area contributed by atoms with E-state index in [1.54, 1.807) is 12.1 Å². The van der Waals surface area contributed by atoms with Crippen molar-refractivity contribution in [3.63, 3.8) is 0 Å². The highest BCUT2D eigenvalue weighted by molar-refractivity contribution is 5.68. The van der Waals surface area contributed by atoms with E-state index in [1.165, 1.54) is 18.3 Å². The van der Waals surface area contributed by atoms with Crippen LogP contribution in [-0.4, -0.2) is 15.0 Å². The Morgan fingerprint density at radius 1 is 1.09 bits per heavy atom. The number of hydrogen-bond acceptors (Lipinski definition) is 2. The van der Waals surface area contributed by atoms with Crippen molar-refractivity contribution in [2.45, 2.75) is 13.1 Å². The Kier molecular flexibility index (Phi) is 3.63. The van der Waals surface area contributed by atoms with Gasteiger partial charge in [0.2, 0.25) is 0 Å².